The van der Waals surface area contributed by atoms with Crippen LogP contribution in [0, 0.1) is 11.7 Å². The maximum absolute atomic E-state index is 14.3. The number of amides is 1. The van der Waals surface area contributed by atoms with Crippen LogP contribution >= 0.6 is 27.3 Å². The molecule has 162 valence electrons. The lowest BCUT2D eigenvalue weighted by Crippen LogP contribution is -2.32. The van der Waals surface area contributed by atoms with Gasteiger partial charge in [-0.1, -0.05) is 15.9 Å². The van der Waals surface area contributed by atoms with Gasteiger partial charge in [0.2, 0.25) is 5.91 Å². The Morgan fingerprint density at radius 1 is 1.35 bits per heavy atom. The number of aryl methyl sites for hydroxylation is 1. The molecular formula is C22H22BrFN4O2S. The number of β-amino-alcohol motifs (C(OH)–C–C–N with tert-alkyl or cyclic N) is 1. The van der Waals surface area contributed by atoms with Crippen molar-refractivity contribution < 1.29 is 14.3 Å². The van der Waals surface area contributed by atoms with E-state index in [-0.39, 0.29) is 17.8 Å². The number of carbonyl (C=O) groups excluding carboxylic acids is 1. The number of likely N-dealkylation sites (tertiary alicyclic amines) is 1. The summed E-state index contributed by atoms with van der Waals surface area (Å²) in [6, 6.07) is 4.89. The van der Waals surface area contributed by atoms with Gasteiger partial charge in [0, 0.05) is 28.9 Å². The van der Waals surface area contributed by atoms with Crippen molar-refractivity contribution in [3.63, 3.8) is 0 Å². The maximum atomic E-state index is 14.3. The van der Waals surface area contributed by atoms with E-state index in [4.69, 9.17) is 0 Å². The number of hydrogen-bond acceptors (Lipinski definition) is 6. The standard InChI is InChI=1S/C22H22BrFN4O2S/c23-13-2-4-17(16(24)9-13)27-21-20-15-3-1-12(7-18(15)31-22(20)26-11-25-21)8-19(30)28-6-5-14(29)10-28/h2,4,9,11-12,14,29H,1,3,5-8,10H2,(H,25,26,27). The van der Waals surface area contributed by atoms with E-state index in [0.717, 1.165) is 29.5 Å². The first-order valence-electron chi connectivity index (χ1n) is 10.4. The fourth-order valence-electron chi connectivity index (χ4n) is 4.51. The second-order valence-corrected chi connectivity index (χ2v) is 10.2. The van der Waals surface area contributed by atoms with Gasteiger partial charge < -0.3 is 15.3 Å². The summed E-state index contributed by atoms with van der Waals surface area (Å²) in [6.07, 6.45) is 4.91. The molecule has 1 fully saturated rings. The summed E-state index contributed by atoms with van der Waals surface area (Å²) in [7, 11) is 0. The molecule has 6 nitrogen and oxygen atoms in total. The molecular weight excluding hydrogens is 483 g/mol. The van der Waals surface area contributed by atoms with Crippen molar-refractivity contribution in [3.05, 3.63) is 45.3 Å². The maximum Gasteiger partial charge on any atom is 0.222 e. The van der Waals surface area contributed by atoms with Gasteiger partial charge in [-0.25, -0.2) is 14.4 Å². The van der Waals surface area contributed by atoms with E-state index >= 15 is 0 Å². The quantitative estimate of drug-likeness (QED) is 0.549. The number of aliphatic hydroxyl groups is 1. The monoisotopic (exact) mass is 504 g/mol. The molecule has 2 unspecified atom stereocenters. The molecule has 31 heavy (non-hydrogen) atoms. The predicted molar refractivity (Wildman–Crippen MR) is 122 cm³/mol. The highest BCUT2D eigenvalue weighted by atomic mass is 79.9. The number of benzene rings is 1. The van der Waals surface area contributed by atoms with Gasteiger partial charge in [0.1, 0.15) is 22.8 Å². The van der Waals surface area contributed by atoms with E-state index in [1.165, 1.54) is 22.8 Å². The zero-order valence-corrected chi connectivity index (χ0v) is 19.2. The van der Waals surface area contributed by atoms with E-state index in [2.05, 4.69) is 31.2 Å². The number of rotatable bonds is 4. The van der Waals surface area contributed by atoms with Gasteiger partial charge in [0.15, 0.2) is 0 Å². The van der Waals surface area contributed by atoms with Crippen molar-refractivity contribution in [2.75, 3.05) is 18.4 Å². The van der Waals surface area contributed by atoms with E-state index in [1.54, 1.807) is 28.4 Å². The molecule has 5 rings (SSSR count). The molecule has 1 aromatic carbocycles. The number of fused-ring (bicyclic) bond motifs is 3. The molecule has 1 aliphatic heterocycles. The Hall–Kier alpha value is -2.10. The third kappa shape index (κ3) is 4.18. The third-order valence-corrected chi connectivity index (χ3v) is 7.77. The van der Waals surface area contributed by atoms with Crippen LogP contribution in [-0.4, -0.2) is 45.1 Å². The Labute approximate surface area is 191 Å². The summed E-state index contributed by atoms with van der Waals surface area (Å²) in [5, 5.41) is 13.8. The minimum absolute atomic E-state index is 0.138. The highest BCUT2D eigenvalue weighted by Gasteiger charge is 2.30. The number of nitrogens with one attached hydrogen (secondary N) is 1. The van der Waals surface area contributed by atoms with Gasteiger partial charge in [-0.15, -0.1) is 11.3 Å². The number of halogens is 2. The molecule has 9 heteroatoms. The van der Waals surface area contributed by atoms with Crippen LogP contribution in [0.3, 0.4) is 0 Å². The minimum atomic E-state index is -0.385. The second kappa shape index (κ2) is 8.44. The van der Waals surface area contributed by atoms with Gasteiger partial charge in [-0.05, 0) is 55.4 Å². The summed E-state index contributed by atoms with van der Waals surface area (Å²) in [5.41, 5.74) is 1.58. The van der Waals surface area contributed by atoms with Gasteiger partial charge in [-0.2, -0.15) is 0 Å². The third-order valence-electron chi connectivity index (χ3n) is 6.11. The minimum Gasteiger partial charge on any atom is -0.391 e. The number of anilines is 2. The predicted octanol–water partition coefficient (Wildman–Crippen LogP) is 4.42. The largest absolute Gasteiger partial charge is 0.391 e. The van der Waals surface area contributed by atoms with Crippen molar-refractivity contribution in [3.8, 4) is 0 Å². The van der Waals surface area contributed by atoms with Gasteiger partial charge in [0.25, 0.3) is 0 Å². The first kappa shape index (κ1) is 20.8. The smallest absolute Gasteiger partial charge is 0.222 e. The van der Waals surface area contributed by atoms with Crippen molar-refractivity contribution in [1.29, 1.82) is 0 Å². The van der Waals surface area contributed by atoms with Crippen molar-refractivity contribution in [2.24, 2.45) is 5.92 Å². The van der Waals surface area contributed by atoms with Gasteiger partial charge in [0.05, 0.1) is 17.2 Å². The normalized spacial score (nSPS) is 20.8. The van der Waals surface area contributed by atoms with Gasteiger partial charge >= 0.3 is 0 Å². The molecule has 2 aliphatic rings. The molecule has 0 saturated carbocycles. The summed E-state index contributed by atoms with van der Waals surface area (Å²) in [6.45, 7) is 1.11. The van der Waals surface area contributed by atoms with Crippen molar-refractivity contribution >= 4 is 54.9 Å². The summed E-state index contributed by atoms with van der Waals surface area (Å²) >= 11 is 4.92. The molecule has 3 aromatic rings. The lowest BCUT2D eigenvalue weighted by atomic mass is 9.85. The molecule has 3 heterocycles. The van der Waals surface area contributed by atoms with Gasteiger partial charge in [-0.3, -0.25) is 4.79 Å². The van der Waals surface area contributed by atoms with Crippen LogP contribution in [-0.2, 0) is 17.6 Å². The van der Waals surface area contributed by atoms with Crippen LogP contribution in [0.25, 0.3) is 10.2 Å². The topological polar surface area (TPSA) is 78.4 Å². The van der Waals surface area contributed by atoms with Crippen LogP contribution in [0.1, 0.15) is 29.7 Å². The van der Waals surface area contributed by atoms with Crippen LogP contribution < -0.4 is 5.32 Å². The lowest BCUT2D eigenvalue weighted by molar-refractivity contribution is -0.131. The van der Waals surface area contributed by atoms with E-state index in [9.17, 15) is 14.3 Å². The summed E-state index contributed by atoms with van der Waals surface area (Å²) in [4.78, 5) is 25.3. The molecule has 0 radical (unpaired) electrons. The number of nitrogens with zero attached hydrogens (tertiary/aromatic N) is 3. The Morgan fingerprint density at radius 3 is 3.00 bits per heavy atom. The number of hydrogen-bond donors (Lipinski definition) is 2. The Morgan fingerprint density at radius 2 is 2.23 bits per heavy atom. The van der Waals surface area contributed by atoms with E-state index in [0.29, 0.717) is 47.8 Å². The molecule has 0 bridgehead atoms. The highest BCUT2D eigenvalue weighted by Crippen LogP contribution is 2.41. The Kier molecular flexibility index (Phi) is 5.66. The first-order chi connectivity index (χ1) is 15.0. The van der Waals surface area contributed by atoms with E-state index in [1.807, 2.05) is 0 Å². The molecule has 1 saturated heterocycles. The fourth-order valence-corrected chi connectivity index (χ4v) is 6.15. The zero-order valence-electron chi connectivity index (χ0n) is 16.8. The SMILES string of the molecule is O=C(CC1CCc2c(sc3ncnc(Nc4ccc(Br)cc4F)c23)C1)N1CCC(O)C1. The number of thiophene rings is 1. The Bertz CT molecular complexity index is 1150. The second-order valence-electron chi connectivity index (χ2n) is 8.25. The number of aliphatic hydroxyl groups excluding tert-OH is 1. The molecule has 2 atom stereocenters. The molecule has 0 spiro atoms. The highest BCUT2D eigenvalue weighted by molar-refractivity contribution is 9.10. The molecule has 2 N–H and O–H groups in total. The first-order valence-corrected chi connectivity index (χ1v) is 12.0. The van der Waals surface area contributed by atoms with Crippen LogP contribution in [0.5, 0.6) is 0 Å². The van der Waals surface area contributed by atoms with E-state index < -0.39 is 0 Å². The number of aromatic nitrogens is 2. The molecule has 2 aromatic heterocycles. The summed E-state index contributed by atoms with van der Waals surface area (Å²) in [5.74, 6) is 0.693. The summed E-state index contributed by atoms with van der Waals surface area (Å²) < 4.78 is 15.0. The average Bonchev–Trinajstić information content (AvgIpc) is 3.33. The number of carbonyl (C=O) groups is 1. The fraction of sp³-hybridized carbons (Fsp3) is 0.409. The zero-order chi connectivity index (χ0) is 21.5. The molecule has 1 aliphatic carbocycles. The Balaban J connectivity index is 1.37. The van der Waals surface area contributed by atoms with Crippen molar-refractivity contribution in [1.82, 2.24) is 14.9 Å². The molecule has 1 amide bonds. The average molecular weight is 505 g/mol. The van der Waals surface area contributed by atoms with Crippen LogP contribution in [0.15, 0.2) is 29.0 Å². The van der Waals surface area contributed by atoms with Crippen LogP contribution in [0.4, 0.5) is 15.9 Å². The van der Waals surface area contributed by atoms with Crippen molar-refractivity contribution in [2.45, 2.75) is 38.2 Å². The van der Waals surface area contributed by atoms with Crippen LogP contribution in [0.2, 0.25) is 0 Å². The lowest BCUT2D eigenvalue weighted by Gasteiger charge is -2.24.